The van der Waals surface area contributed by atoms with Crippen molar-refractivity contribution in [1.29, 1.82) is 0 Å². The molecule has 0 unspecified atom stereocenters. The summed E-state index contributed by atoms with van der Waals surface area (Å²) in [6, 6.07) is 8.20. The number of ether oxygens (including phenoxy) is 2. The molecule has 1 atom stereocenters. The van der Waals surface area contributed by atoms with Crippen LogP contribution >= 0.6 is 0 Å². The lowest BCUT2D eigenvalue weighted by molar-refractivity contribution is -0.135. The van der Waals surface area contributed by atoms with Gasteiger partial charge in [0.2, 0.25) is 5.91 Å². The van der Waals surface area contributed by atoms with Crippen LogP contribution in [0.1, 0.15) is 47.8 Å². The Kier molecular flexibility index (Phi) is 6.00. The van der Waals surface area contributed by atoms with Crippen LogP contribution in [-0.4, -0.2) is 67.3 Å². The van der Waals surface area contributed by atoms with E-state index in [1.807, 2.05) is 17.0 Å². The number of amides is 1. The van der Waals surface area contributed by atoms with Crippen LogP contribution in [0.15, 0.2) is 24.3 Å². The Labute approximate surface area is 189 Å². The molecule has 3 fully saturated rings. The molecule has 1 amide bonds. The van der Waals surface area contributed by atoms with Crippen molar-refractivity contribution in [3.8, 4) is 5.75 Å². The monoisotopic (exact) mass is 436 g/mol. The first-order valence-electron chi connectivity index (χ1n) is 11.7. The molecule has 1 saturated carbocycles. The predicted octanol–water partition coefficient (Wildman–Crippen LogP) is 2.95. The zero-order valence-electron chi connectivity index (χ0n) is 19.0. The molecular weight excluding hydrogens is 404 g/mol. The summed E-state index contributed by atoms with van der Waals surface area (Å²) in [5, 5.41) is 0. The van der Waals surface area contributed by atoms with Gasteiger partial charge in [-0.15, -0.1) is 0 Å². The maximum absolute atomic E-state index is 12.8. The van der Waals surface area contributed by atoms with Gasteiger partial charge in [0.05, 0.1) is 19.6 Å². The Hall–Kier alpha value is -2.67. The highest BCUT2D eigenvalue weighted by Gasteiger charge is 2.33. The minimum atomic E-state index is 0.0351. The third kappa shape index (κ3) is 4.44. The summed E-state index contributed by atoms with van der Waals surface area (Å²) >= 11 is 0. The smallest absolute Gasteiger partial charge is 0.228 e. The Morgan fingerprint density at radius 3 is 2.66 bits per heavy atom. The second kappa shape index (κ2) is 9.06. The quantitative estimate of drug-likeness (QED) is 0.694. The summed E-state index contributed by atoms with van der Waals surface area (Å²) in [5.74, 6) is 3.67. The molecule has 7 heteroatoms. The van der Waals surface area contributed by atoms with Crippen LogP contribution in [0.3, 0.4) is 0 Å². The maximum Gasteiger partial charge on any atom is 0.228 e. The fourth-order valence-electron chi connectivity index (χ4n) is 4.71. The largest absolute Gasteiger partial charge is 0.497 e. The molecule has 2 aliphatic heterocycles. The van der Waals surface area contributed by atoms with Gasteiger partial charge in [0.15, 0.2) is 0 Å². The van der Waals surface area contributed by atoms with E-state index < -0.39 is 0 Å². The SMILES string of the molecule is COc1cccc(Cc2c(C)nc(C3CC3)nc2N2CCN(C(=O)[C@H]3CCOC3)CC2)c1. The number of hydrogen-bond acceptors (Lipinski definition) is 6. The molecule has 1 aromatic heterocycles. The third-order valence-corrected chi connectivity index (χ3v) is 6.84. The average Bonchev–Trinajstić information content (AvgIpc) is 3.53. The summed E-state index contributed by atoms with van der Waals surface area (Å²) in [4.78, 5) is 27.1. The number of piperazine rings is 1. The molecule has 5 rings (SSSR count). The van der Waals surface area contributed by atoms with Gasteiger partial charge in [-0.25, -0.2) is 9.97 Å². The van der Waals surface area contributed by atoms with Gasteiger partial charge in [0, 0.05) is 56.4 Å². The van der Waals surface area contributed by atoms with Gasteiger partial charge in [-0.2, -0.15) is 0 Å². The standard InChI is InChI=1S/C25H32N4O3/c1-17-22(15-18-4-3-5-21(14-18)31-2)24(27-23(26-17)19-6-7-19)28-9-11-29(12-10-28)25(30)20-8-13-32-16-20/h3-5,14,19-20H,6-13,15-16H2,1-2H3/t20-/m0/s1. The van der Waals surface area contributed by atoms with Gasteiger partial charge in [0.1, 0.15) is 17.4 Å². The molecular formula is C25H32N4O3. The van der Waals surface area contributed by atoms with Gasteiger partial charge >= 0.3 is 0 Å². The van der Waals surface area contributed by atoms with Crippen LogP contribution in [-0.2, 0) is 16.0 Å². The lowest BCUT2D eigenvalue weighted by Gasteiger charge is -2.37. The van der Waals surface area contributed by atoms with E-state index in [1.54, 1.807) is 7.11 Å². The Morgan fingerprint density at radius 1 is 1.16 bits per heavy atom. The van der Waals surface area contributed by atoms with Crippen molar-refractivity contribution in [3.63, 3.8) is 0 Å². The number of carbonyl (C=O) groups is 1. The molecule has 170 valence electrons. The van der Waals surface area contributed by atoms with Crippen LogP contribution in [0, 0.1) is 12.8 Å². The first-order chi connectivity index (χ1) is 15.6. The van der Waals surface area contributed by atoms with Crippen LogP contribution in [0.4, 0.5) is 5.82 Å². The molecule has 7 nitrogen and oxygen atoms in total. The maximum atomic E-state index is 12.8. The summed E-state index contributed by atoms with van der Waals surface area (Å²) in [6.07, 6.45) is 3.97. The number of methoxy groups -OCH3 is 1. The van der Waals surface area contributed by atoms with Gasteiger partial charge < -0.3 is 19.3 Å². The van der Waals surface area contributed by atoms with Crippen molar-refractivity contribution >= 4 is 11.7 Å². The van der Waals surface area contributed by atoms with Crippen LogP contribution in [0.25, 0.3) is 0 Å². The van der Waals surface area contributed by atoms with Crippen LogP contribution in [0.5, 0.6) is 5.75 Å². The minimum Gasteiger partial charge on any atom is -0.497 e. The predicted molar refractivity (Wildman–Crippen MR) is 122 cm³/mol. The number of aromatic nitrogens is 2. The van der Waals surface area contributed by atoms with E-state index in [0.29, 0.717) is 19.1 Å². The Morgan fingerprint density at radius 2 is 1.97 bits per heavy atom. The number of anilines is 1. The molecule has 2 aromatic rings. The summed E-state index contributed by atoms with van der Waals surface area (Å²) in [7, 11) is 1.70. The van der Waals surface area contributed by atoms with E-state index in [0.717, 1.165) is 62.1 Å². The number of nitrogens with zero attached hydrogens (tertiary/aromatic N) is 4. The zero-order chi connectivity index (χ0) is 22.1. The fourth-order valence-corrected chi connectivity index (χ4v) is 4.71. The number of aryl methyl sites for hydroxylation is 1. The van der Waals surface area contributed by atoms with Gasteiger partial charge in [-0.1, -0.05) is 12.1 Å². The average molecular weight is 437 g/mol. The van der Waals surface area contributed by atoms with Crippen molar-refractivity contribution in [1.82, 2.24) is 14.9 Å². The first-order valence-corrected chi connectivity index (χ1v) is 11.7. The van der Waals surface area contributed by atoms with Gasteiger partial charge in [0.25, 0.3) is 0 Å². The van der Waals surface area contributed by atoms with E-state index in [-0.39, 0.29) is 11.8 Å². The lowest BCUT2D eigenvalue weighted by atomic mass is 10.0. The van der Waals surface area contributed by atoms with E-state index >= 15 is 0 Å². The normalized spacial score (nSPS) is 21.1. The van der Waals surface area contributed by atoms with Crippen molar-refractivity contribution in [2.45, 2.75) is 38.5 Å². The van der Waals surface area contributed by atoms with E-state index in [4.69, 9.17) is 19.4 Å². The van der Waals surface area contributed by atoms with Crippen LogP contribution in [0.2, 0.25) is 0 Å². The Balaban J connectivity index is 1.37. The highest BCUT2D eigenvalue weighted by atomic mass is 16.5. The highest BCUT2D eigenvalue weighted by molar-refractivity contribution is 5.79. The molecule has 0 bridgehead atoms. The van der Waals surface area contributed by atoms with Crippen LogP contribution < -0.4 is 9.64 Å². The first kappa shape index (κ1) is 21.2. The van der Waals surface area contributed by atoms with Crippen molar-refractivity contribution in [2.75, 3.05) is 51.4 Å². The molecule has 2 saturated heterocycles. The minimum absolute atomic E-state index is 0.0351. The fraction of sp³-hybridized carbons (Fsp3) is 0.560. The molecule has 1 aromatic carbocycles. The summed E-state index contributed by atoms with van der Waals surface area (Å²) < 4.78 is 10.8. The van der Waals surface area contributed by atoms with Gasteiger partial charge in [-0.3, -0.25) is 4.79 Å². The third-order valence-electron chi connectivity index (χ3n) is 6.84. The number of carbonyl (C=O) groups excluding carboxylic acids is 1. The number of rotatable bonds is 6. The van der Waals surface area contributed by atoms with Crippen molar-refractivity contribution in [3.05, 3.63) is 46.9 Å². The van der Waals surface area contributed by atoms with Gasteiger partial charge in [-0.05, 0) is 43.9 Å². The molecule has 32 heavy (non-hydrogen) atoms. The molecule has 3 heterocycles. The molecule has 0 spiro atoms. The van der Waals surface area contributed by atoms with Crippen molar-refractivity contribution in [2.24, 2.45) is 5.92 Å². The number of benzene rings is 1. The second-order valence-corrected chi connectivity index (χ2v) is 9.14. The summed E-state index contributed by atoms with van der Waals surface area (Å²) in [6.45, 7) is 6.43. The van der Waals surface area contributed by atoms with Crippen molar-refractivity contribution < 1.29 is 14.3 Å². The topological polar surface area (TPSA) is 67.8 Å². The zero-order valence-corrected chi connectivity index (χ0v) is 19.0. The Bertz CT molecular complexity index is 977. The second-order valence-electron chi connectivity index (χ2n) is 9.14. The molecule has 0 N–H and O–H groups in total. The summed E-state index contributed by atoms with van der Waals surface area (Å²) in [5.41, 5.74) is 3.42. The molecule has 3 aliphatic rings. The van der Waals surface area contributed by atoms with E-state index in [2.05, 4.69) is 24.0 Å². The lowest BCUT2D eigenvalue weighted by Crippen LogP contribution is -2.51. The molecule has 0 radical (unpaired) electrons. The van der Waals surface area contributed by atoms with E-state index in [1.165, 1.54) is 24.0 Å². The number of hydrogen-bond donors (Lipinski definition) is 0. The highest BCUT2D eigenvalue weighted by Crippen LogP contribution is 2.40. The molecule has 1 aliphatic carbocycles. The van der Waals surface area contributed by atoms with E-state index in [9.17, 15) is 4.79 Å².